The van der Waals surface area contributed by atoms with Crippen LogP contribution in [-0.4, -0.2) is 24.9 Å². The number of nitrogens with one attached hydrogen (secondary N) is 1. The van der Waals surface area contributed by atoms with Crippen molar-refractivity contribution in [3.63, 3.8) is 0 Å². The number of rotatable bonds is 4. The highest BCUT2D eigenvalue weighted by Gasteiger charge is 2.18. The summed E-state index contributed by atoms with van der Waals surface area (Å²) in [6.07, 6.45) is 4.07. The van der Waals surface area contributed by atoms with E-state index in [1.54, 1.807) is 0 Å². The molecule has 1 heterocycles. The number of nitrogens with zero attached hydrogens (tertiary/aromatic N) is 1. The summed E-state index contributed by atoms with van der Waals surface area (Å²) in [5, 5.41) is 2.76. The lowest BCUT2D eigenvalue weighted by molar-refractivity contribution is -0.121. The minimum absolute atomic E-state index is 0.0377. The number of hydrogen-bond donors (Lipinski definition) is 1. The number of carbonyl (C=O) groups excluding carboxylic acids is 2. The van der Waals surface area contributed by atoms with E-state index in [4.69, 9.17) is 0 Å². The van der Waals surface area contributed by atoms with Gasteiger partial charge in [-0.1, -0.05) is 18.8 Å². The highest BCUT2D eigenvalue weighted by molar-refractivity contribution is 5.94. The van der Waals surface area contributed by atoms with Gasteiger partial charge in [-0.3, -0.25) is 9.59 Å². The third-order valence-corrected chi connectivity index (χ3v) is 3.59. The molecule has 0 radical (unpaired) electrons. The Morgan fingerprint density at radius 1 is 1.27 bits per heavy atom. The minimum Gasteiger partial charge on any atom is -0.345 e. The average molecular weight is 298 g/mol. The molecule has 0 bridgehead atoms. The SMILES string of the molecule is CCCC(=O)NCC#Cc1ccc(N2CCCCC2=O)cc1. The maximum atomic E-state index is 11.9. The molecule has 116 valence electrons. The molecule has 0 spiro atoms. The molecule has 1 N–H and O–H groups in total. The van der Waals surface area contributed by atoms with Crippen molar-refractivity contribution < 1.29 is 9.59 Å². The number of benzene rings is 1. The topological polar surface area (TPSA) is 49.4 Å². The van der Waals surface area contributed by atoms with Gasteiger partial charge in [0.1, 0.15) is 0 Å². The van der Waals surface area contributed by atoms with E-state index in [0.717, 1.165) is 37.1 Å². The summed E-state index contributed by atoms with van der Waals surface area (Å²) in [6, 6.07) is 7.70. The molecular weight excluding hydrogens is 276 g/mol. The maximum absolute atomic E-state index is 11.9. The molecule has 0 saturated carbocycles. The van der Waals surface area contributed by atoms with Crippen LogP contribution in [0.5, 0.6) is 0 Å². The summed E-state index contributed by atoms with van der Waals surface area (Å²) in [5.74, 6) is 6.19. The molecule has 0 aromatic heterocycles. The van der Waals surface area contributed by atoms with Crippen molar-refractivity contribution >= 4 is 17.5 Å². The number of anilines is 1. The van der Waals surface area contributed by atoms with Gasteiger partial charge in [0.2, 0.25) is 11.8 Å². The Hall–Kier alpha value is -2.28. The zero-order valence-corrected chi connectivity index (χ0v) is 13.0. The second-order valence-corrected chi connectivity index (χ2v) is 5.38. The van der Waals surface area contributed by atoms with E-state index in [0.29, 0.717) is 19.4 Å². The summed E-state index contributed by atoms with van der Waals surface area (Å²) in [7, 11) is 0. The number of carbonyl (C=O) groups is 2. The molecule has 1 fully saturated rings. The monoisotopic (exact) mass is 298 g/mol. The van der Waals surface area contributed by atoms with E-state index < -0.39 is 0 Å². The first-order valence-corrected chi connectivity index (χ1v) is 7.86. The first kappa shape index (κ1) is 16.1. The largest absolute Gasteiger partial charge is 0.345 e. The van der Waals surface area contributed by atoms with E-state index in [1.807, 2.05) is 36.1 Å². The molecule has 0 unspecified atom stereocenters. The second kappa shape index (κ2) is 8.23. The summed E-state index contributed by atoms with van der Waals surface area (Å²) in [5.41, 5.74) is 1.82. The van der Waals surface area contributed by atoms with E-state index in [-0.39, 0.29) is 11.8 Å². The van der Waals surface area contributed by atoms with Crippen LogP contribution in [0.15, 0.2) is 24.3 Å². The minimum atomic E-state index is 0.0377. The zero-order valence-electron chi connectivity index (χ0n) is 13.0. The first-order valence-electron chi connectivity index (χ1n) is 7.86. The van der Waals surface area contributed by atoms with Crippen LogP contribution >= 0.6 is 0 Å². The molecule has 1 aromatic rings. The predicted molar refractivity (Wildman–Crippen MR) is 87.4 cm³/mol. The number of hydrogen-bond acceptors (Lipinski definition) is 2. The van der Waals surface area contributed by atoms with Crippen LogP contribution in [0.4, 0.5) is 5.69 Å². The van der Waals surface area contributed by atoms with Gasteiger partial charge in [0.05, 0.1) is 6.54 Å². The van der Waals surface area contributed by atoms with Crippen molar-refractivity contribution in [3.8, 4) is 11.8 Å². The summed E-state index contributed by atoms with van der Waals surface area (Å²) < 4.78 is 0. The van der Waals surface area contributed by atoms with Crippen molar-refractivity contribution in [3.05, 3.63) is 29.8 Å². The number of piperidine rings is 1. The van der Waals surface area contributed by atoms with Crippen LogP contribution in [-0.2, 0) is 9.59 Å². The molecular formula is C18H22N2O2. The van der Waals surface area contributed by atoms with Gasteiger partial charge in [-0.05, 0) is 43.5 Å². The first-order chi connectivity index (χ1) is 10.7. The molecule has 0 aliphatic carbocycles. The van der Waals surface area contributed by atoms with Gasteiger partial charge >= 0.3 is 0 Å². The fourth-order valence-electron chi connectivity index (χ4n) is 2.41. The zero-order chi connectivity index (χ0) is 15.8. The lowest BCUT2D eigenvalue weighted by Gasteiger charge is -2.26. The molecule has 2 rings (SSSR count). The van der Waals surface area contributed by atoms with Gasteiger partial charge in [0.25, 0.3) is 0 Å². The van der Waals surface area contributed by atoms with Gasteiger partial charge in [-0.25, -0.2) is 0 Å². The fraction of sp³-hybridized carbons (Fsp3) is 0.444. The third-order valence-electron chi connectivity index (χ3n) is 3.59. The standard InChI is InChI=1S/C18H22N2O2/c1-2-6-17(21)19-13-5-7-15-9-11-16(12-10-15)20-14-4-3-8-18(20)22/h9-12H,2-4,6,8,13-14H2,1H3,(H,19,21). The van der Waals surface area contributed by atoms with Gasteiger partial charge in [-0.2, -0.15) is 0 Å². The average Bonchev–Trinajstić information content (AvgIpc) is 2.53. The smallest absolute Gasteiger partial charge is 0.226 e. The Balaban J connectivity index is 1.89. The summed E-state index contributed by atoms with van der Waals surface area (Å²) in [6.45, 7) is 3.14. The van der Waals surface area contributed by atoms with E-state index in [1.165, 1.54) is 0 Å². The molecule has 22 heavy (non-hydrogen) atoms. The van der Waals surface area contributed by atoms with Crippen LogP contribution in [0.25, 0.3) is 0 Å². The normalized spacial score (nSPS) is 14.2. The van der Waals surface area contributed by atoms with Crippen molar-refractivity contribution in [1.29, 1.82) is 0 Å². The Kier molecular flexibility index (Phi) is 6.02. The van der Waals surface area contributed by atoms with Crippen LogP contribution in [0.3, 0.4) is 0 Å². The predicted octanol–water partition coefficient (Wildman–Crippen LogP) is 2.47. The lowest BCUT2D eigenvalue weighted by Crippen LogP contribution is -2.35. The van der Waals surface area contributed by atoms with E-state index in [2.05, 4.69) is 17.2 Å². The van der Waals surface area contributed by atoms with E-state index in [9.17, 15) is 9.59 Å². The Labute approximate surface area is 131 Å². The highest BCUT2D eigenvalue weighted by atomic mass is 16.2. The van der Waals surface area contributed by atoms with Crippen LogP contribution < -0.4 is 10.2 Å². The van der Waals surface area contributed by atoms with Crippen molar-refractivity contribution in [1.82, 2.24) is 5.32 Å². The molecule has 2 amide bonds. The highest BCUT2D eigenvalue weighted by Crippen LogP contribution is 2.20. The molecule has 1 aliphatic heterocycles. The van der Waals surface area contributed by atoms with Gasteiger partial charge in [-0.15, -0.1) is 0 Å². The Morgan fingerprint density at radius 2 is 2.05 bits per heavy atom. The van der Waals surface area contributed by atoms with Crippen LogP contribution in [0.1, 0.15) is 44.6 Å². The molecule has 4 heteroatoms. The van der Waals surface area contributed by atoms with Gasteiger partial charge < -0.3 is 10.2 Å². The third kappa shape index (κ3) is 4.63. The van der Waals surface area contributed by atoms with Crippen molar-refractivity contribution in [2.45, 2.75) is 39.0 Å². The fourth-order valence-corrected chi connectivity index (χ4v) is 2.41. The summed E-state index contributed by atoms with van der Waals surface area (Å²) in [4.78, 5) is 25.0. The lowest BCUT2D eigenvalue weighted by atomic mass is 10.1. The van der Waals surface area contributed by atoms with Crippen LogP contribution in [0, 0.1) is 11.8 Å². The van der Waals surface area contributed by atoms with Crippen LogP contribution in [0.2, 0.25) is 0 Å². The van der Waals surface area contributed by atoms with Gasteiger partial charge in [0.15, 0.2) is 0 Å². The molecule has 0 atom stereocenters. The van der Waals surface area contributed by atoms with Crippen molar-refractivity contribution in [2.24, 2.45) is 0 Å². The second-order valence-electron chi connectivity index (χ2n) is 5.38. The molecule has 4 nitrogen and oxygen atoms in total. The Morgan fingerprint density at radius 3 is 2.73 bits per heavy atom. The molecule has 1 saturated heterocycles. The van der Waals surface area contributed by atoms with Gasteiger partial charge in [0, 0.05) is 30.6 Å². The van der Waals surface area contributed by atoms with E-state index >= 15 is 0 Å². The quantitative estimate of drug-likeness (QED) is 0.868. The summed E-state index contributed by atoms with van der Waals surface area (Å²) >= 11 is 0. The molecule has 1 aliphatic rings. The Bertz CT molecular complexity index is 581. The molecule has 1 aromatic carbocycles. The maximum Gasteiger partial charge on any atom is 0.226 e. The number of amides is 2. The van der Waals surface area contributed by atoms with Crippen molar-refractivity contribution in [2.75, 3.05) is 18.0 Å².